The van der Waals surface area contributed by atoms with Crippen LogP contribution in [0.25, 0.3) is 0 Å². The van der Waals surface area contributed by atoms with Crippen LogP contribution in [-0.4, -0.2) is 46.9 Å². The maximum atomic E-state index is 12.6. The normalized spacial score (nSPS) is 19.3. The molecule has 1 atom stereocenters. The van der Waals surface area contributed by atoms with Crippen LogP contribution in [0.15, 0.2) is 12.3 Å². The van der Waals surface area contributed by atoms with Crippen molar-refractivity contribution in [3.63, 3.8) is 0 Å². The van der Waals surface area contributed by atoms with E-state index in [9.17, 15) is 4.79 Å². The van der Waals surface area contributed by atoms with Crippen LogP contribution in [0, 0.1) is 6.92 Å². The van der Waals surface area contributed by atoms with Crippen LogP contribution in [0.1, 0.15) is 29.4 Å². The first-order chi connectivity index (χ1) is 9.15. The molecule has 104 valence electrons. The summed E-state index contributed by atoms with van der Waals surface area (Å²) >= 11 is 1.97. The Morgan fingerprint density at radius 1 is 1.63 bits per heavy atom. The van der Waals surface area contributed by atoms with Gasteiger partial charge in [0.25, 0.3) is 5.91 Å². The summed E-state index contributed by atoms with van der Waals surface area (Å²) in [5, 5.41) is 3.65. The number of thioether (sulfide) groups is 1. The lowest BCUT2D eigenvalue weighted by Gasteiger charge is -2.32. The highest BCUT2D eigenvalue weighted by atomic mass is 32.2. The fourth-order valence-corrected chi connectivity index (χ4v) is 3.44. The molecule has 1 fully saturated rings. The van der Waals surface area contributed by atoms with Crippen molar-refractivity contribution in [1.29, 1.82) is 0 Å². The zero-order valence-electron chi connectivity index (χ0n) is 11.8. The molecular formula is C14H21N3OS. The lowest BCUT2D eigenvalue weighted by Crippen LogP contribution is -2.42. The van der Waals surface area contributed by atoms with Crippen LogP contribution in [-0.2, 0) is 0 Å². The van der Waals surface area contributed by atoms with E-state index in [1.165, 1.54) is 0 Å². The third kappa shape index (κ3) is 3.21. The molecule has 0 saturated carbocycles. The van der Waals surface area contributed by atoms with Crippen molar-refractivity contribution in [2.75, 3.05) is 31.2 Å². The van der Waals surface area contributed by atoms with Crippen LogP contribution in [0.4, 0.5) is 5.69 Å². The molecule has 2 heterocycles. The van der Waals surface area contributed by atoms with E-state index in [4.69, 9.17) is 0 Å². The Labute approximate surface area is 119 Å². The summed E-state index contributed by atoms with van der Waals surface area (Å²) in [6.45, 7) is 5.78. The second-order valence-corrected chi connectivity index (χ2v) is 6.18. The summed E-state index contributed by atoms with van der Waals surface area (Å²) in [5.41, 5.74) is 2.46. The molecule has 0 aliphatic carbocycles. The lowest BCUT2D eigenvalue weighted by molar-refractivity contribution is 0.0761. The van der Waals surface area contributed by atoms with E-state index in [0.717, 1.165) is 36.6 Å². The summed E-state index contributed by atoms with van der Waals surface area (Å²) in [6.07, 6.45) is 2.80. The minimum atomic E-state index is 0.0931. The molecule has 4 nitrogen and oxygen atoms in total. The maximum absolute atomic E-state index is 12.6. The maximum Gasteiger partial charge on any atom is 0.257 e. The number of aromatic nitrogens is 1. The Balaban J connectivity index is 2.19. The van der Waals surface area contributed by atoms with Gasteiger partial charge in [-0.3, -0.25) is 9.78 Å². The predicted octanol–water partition coefficient (Wildman–Crippen LogP) is 2.40. The van der Waals surface area contributed by atoms with E-state index in [1.807, 2.05) is 36.7 Å². The number of pyridine rings is 1. The van der Waals surface area contributed by atoms with Crippen molar-refractivity contribution in [3.05, 3.63) is 23.5 Å². The van der Waals surface area contributed by atoms with Crippen LogP contribution in [0.3, 0.4) is 0 Å². The number of nitrogens with zero attached hydrogens (tertiary/aromatic N) is 2. The Morgan fingerprint density at radius 2 is 2.42 bits per heavy atom. The molecule has 0 radical (unpaired) electrons. The number of carbonyl (C=O) groups is 1. The van der Waals surface area contributed by atoms with Crippen LogP contribution >= 0.6 is 11.8 Å². The zero-order chi connectivity index (χ0) is 13.8. The van der Waals surface area contributed by atoms with Gasteiger partial charge in [-0.25, -0.2) is 0 Å². The first-order valence-electron chi connectivity index (χ1n) is 6.71. The third-order valence-electron chi connectivity index (χ3n) is 3.42. The topological polar surface area (TPSA) is 45.2 Å². The van der Waals surface area contributed by atoms with Crippen LogP contribution < -0.4 is 5.32 Å². The van der Waals surface area contributed by atoms with E-state index >= 15 is 0 Å². The molecule has 0 aromatic carbocycles. The molecule has 5 heteroatoms. The van der Waals surface area contributed by atoms with Gasteiger partial charge >= 0.3 is 0 Å². The number of hydrogen-bond acceptors (Lipinski definition) is 4. The number of hydrogen-bond donors (Lipinski definition) is 1. The van der Waals surface area contributed by atoms with Crippen molar-refractivity contribution < 1.29 is 4.79 Å². The molecule has 1 aliphatic heterocycles. The molecule has 0 bridgehead atoms. The fraction of sp³-hybridized carbons (Fsp3) is 0.571. The highest BCUT2D eigenvalue weighted by Gasteiger charge is 2.25. The second-order valence-electron chi connectivity index (χ2n) is 4.77. The minimum absolute atomic E-state index is 0.0931. The lowest BCUT2D eigenvalue weighted by atomic mass is 10.1. The smallest absolute Gasteiger partial charge is 0.257 e. The summed E-state index contributed by atoms with van der Waals surface area (Å²) in [5.74, 6) is 1.12. The van der Waals surface area contributed by atoms with Gasteiger partial charge in [0, 0.05) is 43.0 Å². The largest absolute Gasteiger partial charge is 0.387 e. The molecule has 0 spiro atoms. The average molecular weight is 279 g/mol. The van der Waals surface area contributed by atoms with E-state index in [1.54, 1.807) is 6.20 Å². The summed E-state index contributed by atoms with van der Waals surface area (Å²) in [4.78, 5) is 18.8. The van der Waals surface area contributed by atoms with Gasteiger partial charge < -0.3 is 10.2 Å². The number of carbonyl (C=O) groups excluding carboxylic acids is 1. The Morgan fingerprint density at radius 3 is 3.11 bits per heavy atom. The van der Waals surface area contributed by atoms with E-state index in [0.29, 0.717) is 10.8 Å². The van der Waals surface area contributed by atoms with Gasteiger partial charge in [0.2, 0.25) is 0 Å². The molecule has 2 rings (SSSR count). The van der Waals surface area contributed by atoms with Gasteiger partial charge in [0.15, 0.2) is 0 Å². The summed E-state index contributed by atoms with van der Waals surface area (Å²) < 4.78 is 0. The van der Waals surface area contributed by atoms with Crippen molar-refractivity contribution in [2.24, 2.45) is 0 Å². The number of nitrogens with one attached hydrogen (secondary N) is 1. The number of aryl methyl sites for hydroxylation is 1. The van der Waals surface area contributed by atoms with E-state index in [2.05, 4.69) is 17.2 Å². The average Bonchev–Trinajstić information content (AvgIpc) is 2.46. The quantitative estimate of drug-likeness (QED) is 0.923. The molecule has 1 saturated heterocycles. The molecule has 1 aliphatic rings. The van der Waals surface area contributed by atoms with Crippen molar-refractivity contribution >= 4 is 23.4 Å². The van der Waals surface area contributed by atoms with Gasteiger partial charge in [-0.05, 0) is 19.4 Å². The summed E-state index contributed by atoms with van der Waals surface area (Å²) in [7, 11) is 1.84. The Bertz CT molecular complexity index is 464. The molecule has 1 aromatic heterocycles. The molecule has 19 heavy (non-hydrogen) atoms. The minimum Gasteiger partial charge on any atom is -0.387 e. The van der Waals surface area contributed by atoms with E-state index < -0.39 is 0 Å². The number of anilines is 1. The van der Waals surface area contributed by atoms with Crippen LogP contribution in [0.5, 0.6) is 0 Å². The monoisotopic (exact) mass is 279 g/mol. The predicted molar refractivity (Wildman–Crippen MR) is 81.0 cm³/mol. The molecule has 1 aromatic rings. The van der Waals surface area contributed by atoms with Gasteiger partial charge in [-0.2, -0.15) is 11.8 Å². The Kier molecular flexibility index (Phi) is 4.69. The molecule has 1 N–H and O–H groups in total. The van der Waals surface area contributed by atoms with Gasteiger partial charge in [-0.1, -0.05) is 6.92 Å². The highest BCUT2D eigenvalue weighted by molar-refractivity contribution is 8.00. The first-order valence-corrected chi connectivity index (χ1v) is 7.75. The van der Waals surface area contributed by atoms with E-state index in [-0.39, 0.29) is 5.91 Å². The fourth-order valence-electron chi connectivity index (χ4n) is 2.26. The van der Waals surface area contributed by atoms with Crippen molar-refractivity contribution in [2.45, 2.75) is 25.5 Å². The van der Waals surface area contributed by atoms with Gasteiger partial charge in [0.1, 0.15) is 0 Å². The van der Waals surface area contributed by atoms with Gasteiger partial charge in [-0.15, -0.1) is 0 Å². The number of amides is 1. The van der Waals surface area contributed by atoms with Gasteiger partial charge in [0.05, 0.1) is 11.3 Å². The Hall–Kier alpha value is -1.23. The first kappa shape index (κ1) is 14.2. The van der Waals surface area contributed by atoms with Crippen LogP contribution in [0.2, 0.25) is 0 Å². The molecule has 1 unspecified atom stereocenters. The molecular weight excluding hydrogens is 258 g/mol. The second kappa shape index (κ2) is 6.28. The van der Waals surface area contributed by atoms with Crippen molar-refractivity contribution in [1.82, 2.24) is 9.88 Å². The SMILES string of the molecule is CCC1CN(C(=O)c2cnc(C)cc2NC)CCS1. The highest BCUT2D eigenvalue weighted by Crippen LogP contribution is 2.24. The standard InChI is InChI=1S/C14H21N3OS/c1-4-11-9-17(5-6-19-11)14(18)12-8-16-10(2)7-13(12)15-3/h7-8,11H,4-6,9H2,1-3H3,(H,15,16). The van der Waals surface area contributed by atoms with Crippen molar-refractivity contribution in [3.8, 4) is 0 Å². The zero-order valence-corrected chi connectivity index (χ0v) is 12.6. The molecule has 1 amide bonds. The summed E-state index contributed by atoms with van der Waals surface area (Å²) in [6, 6.07) is 1.92. The number of rotatable bonds is 3. The third-order valence-corrected chi connectivity index (χ3v) is 4.79.